The predicted molar refractivity (Wildman–Crippen MR) is 58.8 cm³/mol. The van der Waals surface area contributed by atoms with Gasteiger partial charge in [-0.05, 0) is 31.2 Å². The first-order chi connectivity index (χ1) is 7.51. The van der Waals surface area contributed by atoms with Gasteiger partial charge in [-0.2, -0.15) is 0 Å². The third kappa shape index (κ3) is 1.84. The second-order valence-corrected chi connectivity index (χ2v) is 4.12. The summed E-state index contributed by atoms with van der Waals surface area (Å²) in [5.41, 5.74) is -0.526. The molecule has 4 heteroatoms. The van der Waals surface area contributed by atoms with Crippen LogP contribution in [0.15, 0.2) is 41.2 Å². The molecule has 1 aromatic carbocycles. The van der Waals surface area contributed by atoms with Crippen LogP contribution < -0.4 is 0 Å². The van der Waals surface area contributed by atoms with Crippen molar-refractivity contribution in [1.82, 2.24) is 0 Å². The van der Waals surface area contributed by atoms with E-state index in [1.807, 2.05) is 0 Å². The van der Waals surface area contributed by atoms with E-state index in [1.54, 1.807) is 13.0 Å². The Balaban J connectivity index is 2.55. The molecule has 0 aliphatic rings. The molecule has 2 aromatic rings. The molecule has 0 radical (unpaired) electrons. The maximum Gasteiger partial charge on any atom is 0.123 e. The lowest BCUT2D eigenvalue weighted by atomic mass is 9.90. The highest BCUT2D eigenvalue weighted by Gasteiger charge is 2.29. The number of aliphatic hydroxyl groups is 1. The van der Waals surface area contributed by atoms with Crippen LogP contribution in [0, 0.1) is 5.82 Å². The van der Waals surface area contributed by atoms with Gasteiger partial charge in [0.15, 0.2) is 0 Å². The van der Waals surface area contributed by atoms with Gasteiger partial charge in [0.1, 0.15) is 11.4 Å². The zero-order valence-electron chi connectivity index (χ0n) is 8.58. The van der Waals surface area contributed by atoms with E-state index in [4.69, 9.17) is 16.0 Å². The molecule has 0 fully saturated rings. The lowest BCUT2D eigenvalue weighted by Crippen LogP contribution is -2.22. The molecule has 0 saturated carbocycles. The van der Waals surface area contributed by atoms with E-state index in [-0.39, 0.29) is 0 Å². The quantitative estimate of drug-likeness (QED) is 0.874. The average Bonchev–Trinajstić information content (AvgIpc) is 2.75. The van der Waals surface area contributed by atoms with E-state index in [1.165, 1.54) is 30.7 Å². The van der Waals surface area contributed by atoms with Gasteiger partial charge in [0.2, 0.25) is 0 Å². The Morgan fingerprint density at radius 3 is 2.75 bits per heavy atom. The third-order valence-electron chi connectivity index (χ3n) is 2.54. The number of benzene rings is 1. The first-order valence-corrected chi connectivity index (χ1v) is 5.10. The second kappa shape index (κ2) is 3.92. The van der Waals surface area contributed by atoms with Crippen molar-refractivity contribution in [2.75, 3.05) is 0 Å². The Hall–Kier alpha value is -1.32. The average molecular weight is 241 g/mol. The highest BCUT2D eigenvalue weighted by atomic mass is 35.5. The van der Waals surface area contributed by atoms with Crippen molar-refractivity contribution in [3.63, 3.8) is 0 Å². The minimum absolute atomic E-state index is 0.313. The molecule has 1 aromatic heterocycles. The standard InChI is InChI=1S/C12H10ClFO2/c1-12(15,8-4-5-16-7-8)10-6-9(14)2-3-11(10)13/h2-7,15H,1H3. The Labute approximate surface area is 97.3 Å². The first-order valence-electron chi connectivity index (χ1n) is 4.72. The van der Waals surface area contributed by atoms with Gasteiger partial charge in [0, 0.05) is 16.1 Å². The van der Waals surface area contributed by atoms with Crippen LogP contribution in [0.4, 0.5) is 4.39 Å². The minimum atomic E-state index is -1.37. The highest BCUT2D eigenvalue weighted by Crippen LogP contribution is 2.34. The molecule has 0 aliphatic heterocycles. The SMILES string of the molecule is CC(O)(c1ccoc1)c1cc(F)ccc1Cl. The molecule has 16 heavy (non-hydrogen) atoms. The van der Waals surface area contributed by atoms with Crippen molar-refractivity contribution in [2.45, 2.75) is 12.5 Å². The van der Waals surface area contributed by atoms with Crippen LogP contribution in [-0.2, 0) is 5.60 Å². The molecule has 1 N–H and O–H groups in total. The van der Waals surface area contributed by atoms with Crippen molar-refractivity contribution in [2.24, 2.45) is 0 Å². The van der Waals surface area contributed by atoms with E-state index < -0.39 is 11.4 Å². The maximum absolute atomic E-state index is 13.1. The number of furan rings is 1. The molecule has 2 nitrogen and oxygen atoms in total. The first kappa shape index (κ1) is 11.2. The van der Waals surface area contributed by atoms with Crippen molar-refractivity contribution in [3.05, 3.63) is 58.8 Å². The van der Waals surface area contributed by atoms with Crippen molar-refractivity contribution in [3.8, 4) is 0 Å². The van der Waals surface area contributed by atoms with Crippen LogP contribution in [-0.4, -0.2) is 5.11 Å². The van der Waals surface area contributed by atoms with Gasteiger partial charge in [-0.25, -0.2) is 4.39 Å². The van der Waals surface area contributed by atoms with Gasteiger partial charge in [-0.15, -0.1) is 0 Å². The van der Waals surface area contributed by atoms with Gasteiger partial charge in [0.25, 0.3) is 0 Å². The molecule has 1 atom stereocenters. The highest BCUT2D eigenvalue weighted by molar-refractivity contribution is 6.31. The summed E-state index contributed by atoms with van der Waals surface area (Å²) < 4.78 is 18.0. The zero-order valence-corrected chi connectivity index (χ0v) is 9.33. The van der Waals surface area contributed by atoms with Gasteiger partial charge in [-0.1, -0.05) is 11.6 Å². The number of hydrogen-bond donors (Lipinski definition) is 1. The minimum Gasteiger partial charge on any atom is -0.472 e. The molecule has 0 amide bonds. The largest absolute Gasteiger partial charge is 0.472 e. The van der Waals surface area contributed by atoms with Crippen molar-refractivity contribution < 1.29 is 13.9 Å². The second-order valence-electron chi connectivity index (χ2n) is 3.71. The van der Waals surface area contributed by atoms with Gasteiger partial charge in [0.05, 0.1) is 12.5 Å². The Morgan fingerprint density at radius 1 is 1.38 bits per heavy atom. The summed E-state index contributed by atoms with van der Waals surface area (Å²) >= 11 is 5.94. The number of rotatable bonds is 2. The van der Waals surface area contributed by atoms with E-state index in [2.05, 4.69) is 0 Å². The molecule has 0 saturated heterocycles. The summed E-state index contributed by atoms with van der Waals surface area (Å²) in [5.74, 6) is -0.442. The smallest absolute Gasteiger partial charge is 0.123 e. The molecule has 0 spiro atoms. The van der Waals surface area contributed by atoms with E-state index in [0.29, 0.717) is 16.1 Å². The van der Waals surface area contributed by atoms with Crippen molar-refractivity contribution in [1.29, 1.82) is 0 Å². The van der Waals surface area contributed by atoms with Gasteiger partial charge >= 0.3 is 0 Å². The molecule has 1 heterocycles. The summed E-state index contributed by atoms with van der Waals surface area (Å²) in [5, 5.41) is 10.7. The summed E-state index contributed by atoms with van der Waals surface area (Å²) in [6, 6.07) is 5.49. The lowest BCUT2D eigenvalue weighted by molar-refractivity contribution is 0.101. The topological polar surface area (TPSA) is 33.4 Å². The monoisotopic (exact) mass is 240 g/mol. The Bertz CT molecular complexity index is 492. The van der Waals surface area contributed by atoms with E-state index in [0.717, 1.165) is 0 Å². The molecule has 1 unspecified atom stereocenters. The van der Waals surface area contributed by atoms with Crippen LogP contribution in [0.3, 0.4) is 0 Å². The van der Waals surface area contributed by atoms with E-state index in [9.17, 15) is 9.50 Å². The van der Waals surface area contributed by atoms with E-state index >= 15 is 0 Å². The summed E-state index contributed by atoms with van der Waals surface area (Å²) in [6.07, 6.45) is 2.85. The van der Waals surface area contributed by atoms with Crippen LogP contribution in [0.5, 0.6) is 0 Å². The fraction of sp³-hybridized carbons (Fsp3) is 0.167. The molecular formula is C12H10ClFO2. The molecule has 2 rings (SSSR count). The lowest BCUT2D eigenvalue weighted by Gasteiger charge is -2.23. The van der Waals surface area contributed by atoms with Crippen LogP contribution in [0.25, 0.3) is 0 Å². The molecular weight excluding hydrogens is 231 g/mol. The Morgan fingerprint density at radius 2 is 2.12 bits per heavy atom. The van der Waals surface area contributed by atoms with Crippen LogP contribution in [0.2, 0.25) is 5.02 Å². The van der Waals surface area contributed by atoms with Crippen molar-refractivity contribution >= 4 is 11.6 Å². The summed E-state index contributed by atoms with van der Waals surface area (Å²) in [4.78, 5) is 0. The fourth-order valence-electron chi connectivity index (χ4n) is 1.57. The summed E-state index contributed by atoms with van der Waals surface area (Å²) in [7, 11) is 0. The normalized spacial score (nSPS) is 14.8. The maximum atomic E-state index is 13.1. The molecule has 84 valence electrons. The summed E-state index contributed by atoms with van der Waals surface area (Å²) in [6.45, 7) is 1.54. The van der Waals surface area contributed by atoms with Crippen LogP contribution >= 0.6 is 11.6 Å². The van der Waals surface area contributed by atoms with Gasteiger partial charge < -0.3 is 9.52 Å². The fourth-order valence-corrected chi connectivity index (χ4v) is 1.87. The predicted octanol–water partition coefficient (Wildman–Crippen LogP) is 3.33. The zero-order chi connectivity index (χ0) is 11.8. The molecule has 0 aliphatic carbocycles. The third-order valence-corrected chi connectivity index (χ3v) is 2.87. The van der Waals surface area contributed by atoms with Gasteiger partial charge in [-0.3, -0.25) is 0 Å². The molecule has 0 bridgehead atoms. The Kier molecular flexibility index (Phi) is 2.74. The van der Waals surface area contributed by atoms with Crippen LogP contribution in [0.1, 0.15) is 18.1 Å². The number of halogens is 2. The number of hydrogen-bond acceptors (Lipinski definition) is 2.